The number of hydrogen-bond acceptors (Lipinski definition) is 3. The SMILES string of the molecule is C#CCOCCC(=O)OCC. The Balaban J connectivity index is 3.12. The van der Waals surface area contributed by atoms with Crippen molar-refractivity contribution in [1.29, 1.82) is 0 Å². The molecule has 0 spiro atoms. The second-order valence-corrected chi connectivity index (χ2v) is 1.81. The summed E-state index contributed by atoms with van der Waals surface area (Å²) in [6.07, 6.45) is 5.19. The summed E-state index contributed by atoms with van der Waals surface area (Å²) < 4.78 is 9.51. The maximum Gasteiger partial charge on any atom is 0.308 e. The maximum absolute atomic E-state index is 10.7. The molecule has 0 aromatic carbocycles. The van der Waals surface area contributed by atoms with Gasteiger partial charge in [0.25, 0.3) is 0 Å². The van der Waals surface area contributed by atoms with E-state index >= 15 is 0 Å². The zero-order valence-corrected chi connectivity index (χ0v) is 6.63. The van der Waals surface area contributed by atoms with Gasteiger partial charge in [0.05, 0.1) is 19.6 Å². The van der Waals surface area contributed by atoms with Gasteiger partial charge in [-0.3, -0.25) is 4.79 Å². The highest BCUT2D eigenvalue weighted by molar-refractivity contribution is 5.69. The quantitative estimate of drug-likeness (QED) is 0.332. The van der Waals surface area contributed by atoms with Gasteiger partial charge in [-0.15, -0.1) is 6.42 Å². The minimum absolute atomic E-state index is 0.246. The van der Waals surface area contributed by atoms with Crippen LogP contribution in [0.15, 0.2) is 0 Å². The van der Waals surface area contributed by atoms with Crippen LogP contribution in [0.3, 0.4) is 0 Å². The molecule has 0 aliphatic carbocycles. The highest BCUT2D eigenvalue weighted by Gasteiger charge is 1.99. The molecule has 0 saturated heterocycles. The molecule has 0 saturated carbocycles. The number of terminal acetylenes is 1. The molecular weight excluding hydrogens is 144 g/mol. The van der Waals surface area contributed by atoms with Crippen LogP contribution in [0.2, 0.25) is 0 Å². The van der Waals surface area contributed by atoms with Crippen molar-refractivity contribution in [2.75, 3.05) is 19.8 Å². The largest absolute Gasteiger partial charge is 0.466 e. The van der Waals surface area contributed by atoms with E-state index in [0.717, 1.165) is 0 Å². The van der Waals surface area contributed by atoms with E-state index in [1.54, 1.807) is 6.92 Å². The molecule has 11 heavy (non-hydrogen) atoms. The zero-order valence-electron chi connectivity index (χ0n) is 6.63. The second-order valence-electron chi connectivity index (χ2n) is 1.81. The van der Waals surface area contributed by atoms with Crippen molar-refractivity contribution >= 4 is 5.97 Å². The van der Waals surface area contributed by atoms with E-state index in [1.165, 1.54) is 0 Å². The predicted molar refractivity (Wildman–Crippen MR) is 40.9 cm³/mol. The van der Waals surface area contributed by atoms with Crippen LogP contribution in [-0.2, 0) is 14.3 Å². The molecule has 0 aliphatic heterocycles. The summed E-state index contributed by atoms with van der Waals surface area (Å²) in [5.41, 5.74) is 0. The third kappa shape index (κ3) is 6.88. The summed E-state index contributed by atoms with van der Waals surface area (Å²) in [6.45, 7) is 2.76. The van der Waals surface area contributed by atoms with Crippen molar-refractivity contribution in [3.05, 3.63) is 0 Å². The van der Waals surface area contributed by atoms with E-state index in [9.17, 15) is 4.79 Å². The molecular formula is C8H12O3. The Kier molecular flexibility index (Phi) is 6.45. The van der Waals surface area contributed by atoms with Gasteiger partial charge in [-0.1, -0.05) is 5.92 Å². The Morgan fingerprint density at radius 1 is 1.64 bits per heavy atom. The fourth-order valence-corrected chi connectivity index (χ4v) is 0.520. The lowest BCUT2D eigenvalue weighted by Gasteiger charge is -2.00. The Labute approximate surface area is 66.7 Å². The first-order valence-corrected chi connectivity index (χ1v) is 3.48. The fraction of sp³-hybridized carbons (Fsp3) is 0.625. The summed E-state index contributed by atoms with van der Waals surface area (Å²) in [7, 11) is 0. The highest BCUT2D eigenvalue weighted by atomic mass is 16.5. The topological polar surface area (TPSA) is 35.5 Å². The summed E-state index contributed by atoms with van der Waals surface area (Å²) in [5.74, 6) is 2.05. The van der Waals surface area contributed by atoms with Crippen molar-refractivity contribution in [3.63, 3.8) is 0 Å². The third-order valence-corrected chi connectivity index (χ3v) is 0.941. The van der Waals surface area contributed by atoms with Crippen LogP contribution in [0.5, 0.6) is 0 Å². The van der Waals surface area contributed by atoms with Crippen molar-refractivity contribution < 1.29 is 14.3 Å². The average molecular weight is 156 g/mol. The molecule has 0 fully saturated rings. The van der Waals surface area contributed by atoms with E-state index in [0.29, 0.717) is 13.2 Å². The van der Waals surface area contributed by atoms with Gasteiger partial charge in [-0.25, -0.2) is 0 Å². The highest BCUT2D eigenvalue weighted by Crippen LogP contribution is 1.86. The van der Waals surface area contributed by atoms with Gasteiger partial charge in [-0.05, 0) is 6.92 Å². The molecule has 0 amide bonds. The number of rotatable bonds is 5. The molecule has 62 valence electrons. The molecule has 0 bridgehead atoms. The number of hydrogen-bond donors (Lipinski definition) is 0. The van der Waals surface area contributed by atoms with Crippen LogP contribution in [0.1, 0.15) is 13.3 Å². The summed E-state index contributed by atoms with van der Waals surface area (Å²) in [5, 5.41) is 0. The van der Waals surface area contributed by atoms with Crippen LogP contribution in [-0.4, -0.2) is 25.8 Å². The van der Waals surface area contributed by atoms with E-state index < -0.39 is 0 Å². The second kappa shape index (κ2) is 7.10. The summed E-state index contributed by atoms with van der Waals surface area (Å²) in [6, 6.07) is 0. The van der Waals surface area contributed by atoms with Crippen molar-refractivity contribution in [3.8, 4) is 12.3 Å². The monoisotopic (exact) mass is 156 g/mol. The number of carbonyl (C=O) groups is 1. The van der Waals surface area contributed by atoms with Crippen LogP contribution >= 0.6 is 0 Å². The first-order chi connectivity index (χ1) is 5.31. The molecule has 0 heterocycles. The normalized spacial score (nSPS) is 8.73. The zero-order chi connectivity index (χ0) is 8.53. The minimum atomic E-state index is -0.246. The van der Waals surface area contributed by atoms with Gasteiger partial charge in [0.1, 0.15) is 6.61 Å². The lowest BCUT2D eigenvalue weighted by atomic mass is 10.5. The predicted octanol–water partition coefficient (Wildman–Crippen LogP) is 0.589. The molecule has 0 radical (unpaired) electrons. The van der Waals surface area contributed by atoms with Crippen molar-refractivity contribution in [2.45, 2.75) is 13.3 Å². The van der Waals surface area contributed by atoms with E-state index in [1.807, 2.05) is 0 Å². The van der Waals surface area contributed by atoms with Gasteiger partial charge in [0.2, 0.25) is 0 Å². The molecule has 0 aromatic heterocycles. The lowest BCUT2D eigenvalue weighted by Crippen LogP contribution is -2.07. The molecule has 0 atom stereocenters. The van der Waals surface area contributed by atoms with Crippen LogP contribution < -0.4 is 0 Å². The Hall–Kier alpha value is -1.01. The van der Waals surface area contributed by atoms with Crippen molar-refractivity contribution in [2.24, 2.45) is 0 Å². The summed E-state index contributed by atoms with van der Waals surface area (Å²) >= 11 is 0. The average Bonchev–Trinajstić information content (AvgIpc) is 1.99. The van der Waals surface area contributed by atoms with E-state index in [4.69, 9.17) is 11.2 Å². The maximum atomic E-state index is 10.7. The van der Waals surface area contributed by atoms with Gasteiger partial charge < -0.3 is 9.47 Å². The first kappa shape index (κ1) is 9.99. The molecule has 0 unspecified atom stereocenters. The molecule has 0 aromatic rings. The van der Waals surface area contributed by atoms with Crippen molar-refractivity contribution in [1.82, 2.24) is 0 Å². The molecule has 3 heteroatoms. The lowest BCUT2D eigenvalue weighted by molar-refractivity contribution is -0.144. The number of carbonyl (C=O) groups excluding carboxylic acids is 1. The van der Waals surface area contributed by atoms with Gasteiger partial charge in [-0.2, -0.15) is 0 Å². The molecule has 3 nitrogen and oxygen atoms in total. The Bertz CT molecular complexity index is 146. The smallest absolute Gasteiger partial charge is 0.308 e. The first-order valence-electron chi connectivity index (χ1n) is 3.48. The standard InChI is InChI=1S/C8H12O3/c1-3-6-10-7-5-8(9)11-4-2/h1H,4-7H2,2H3. The van der Waals surface area contributed by atoms with Gasteiger partial charge >= 0.3 is 5.97 Å². The Morgan fingerprint density at radius 3 is 2.91 bits per heavy atom. The molecule has 0 rings (SSSR count). The van der Waals surface area contributed by atoms with Gasteiger partial charge in [0, 0.05) is 0 Å². The third-order valence-electron chi connectivity index (χ3n) is 0.941. The Morgan fingerprint density at radius 2 is 2.36 bits per heavy atom. The van der Waals surface area contributed by atoms with E-state index in [2.05, 4.69) is 10.7 Å². The van der Waals surface area contributed by atoms with Crippen LogP contribution in [0.4, 0.5) is 0 Å². The summed E-state index contributed by atoms with van der Waals surface area (Å²) in [4.78, 5) is 10.7. The number of ether oxygens (including phenoxy) is 2. The molecule has 0 N–H and O–H groups in total. The fourth-order valence-electron chi connectivity index (χ4n) is 0.520. The van der Waals surface area contributed by atoms with Crippen LogP contribution in [0.25, 0.3) is 0 Å². The number of esters is 1. The molecule has 0 aliphatic rings. The van der Waals surface area contributed by atoms with E-state index in [-0.39, 0.29) is 19.0 Å². The van der Waals surface area contributed by atoms with Gasteiger partial charge in [0.15, 0.2) is 0 Å². The minimum Gasteiger partial charge on any atom is -0.466 e. The van der Waals surface area contributed by atoms with Crippen LogP contribution in [0, 0.1) is 12.3 Å².